The number of hydrogen-bond acceptors (Lipinski definition) is 3. The zero-order valence-corrected chi connectivity index (χ0v) is 23.5. The largest absolute Gasteiger partial charge is 0.355 e. The van der Waals surface area contributed by atoms with Crippen LogP contribution in [0.2, 0.25) is 5.02 Å². The number of sulfonamides is 1. The van der Waals surface area contributed by atoms with Gasteiger partial charge in [-0.1, -0.05) is 114 Å². The van der Waals surface area contributed by atoms with Crippen molar-refractivity contribution in [1.82, 2.24) is 9.73 Å². The number of amidine groups is 1. The number of hydrazone groups is 1. The van der Waals surface area contributed by atoms with Gasteiger partial charge in [0, 0.05) is 18.7 Å². The Bertz CT molecular complexity index is 823. The molecule has 1 fully saturated rings. The van der Waals surface area contributed by atoms with Crippen LogP contribution < -0.4 is 4.83 Å². The number of rotatable bonds is 18. The van der Waals surface area contributed by atoms with E-state index in [1.54, 1.807) is 0 Å². The van der Waals surface area contributed by atoms with E-state index in [0.717, 1.165) is 44.3 Å². The molecule has 1 aromatic rings. The minimum atomic E-state index is -3.46. The van der Waals surface area contributed by atoms with Gasteiger partial charge < -0.3 is 4.90 Å². The van der Waals surface area contributed by atoms with Crippen LogP contribution >= 0.6 is 11.6 Å². The minimum absolute atomic E-state index is 0.115. The van der Waals surface area contributed by atoms with Crippen LogP contribution in [0.15, 0.2) is 29.4 Å². The zero-order chi connectivity index (χ0) is 25.2. The van der Waals surface area contributed by atoms with E-state index in [4.69, 9.17) is 11.6 Å². The van der Waals surface area contributed by atoms with E-state index < -0.39 is 10.0 Å². The fourth-order valence-electron chi connectivity index (χ4n) is 4.69. The van der Waals surface area contributed by atoms with E-state index in [9.17, 15) is 8.42 Å². The first kappa shape index (κ1) is 30.0. The van der Waals surface area contributed by atoms with Gasteiger partial charge in [-0.05, 0) is 37.8 Å². The molecule has 200 valence electrons. The molecule has 0 aliphatic carbocycles. The monoisotopic (exact) mass is 525 g/mol. The van der Waals surface area contributed by atoms with Crippen molar-refractivity contribution in [1.29, 1.82) is 0 Å². The lowest BCUT2D eigenvalue weighted by Gasteiger charge is -2.30. The van der Waals surface area contributed by atoms with E-state index in [0.29, 0.717) is 17.3 Å². The van der Waals surface area contributed by atoms with Crippen LogP contribution in [0.3, 0.4) is 0 Å². The van der Waals surface area contributed by atoms with E-state index in [-0.39, 0.29) is 5.75 Å². The van der Waals surface area contributed by atoms with Crippen molar-refractivity contribution in [2.24, 2.45) is 5.10 Å². The molecule has 1 saturated heterocycles. The van der Waals surface area contributed by atoms with Crippen molar-refractivity contribution in [3.05, 3.63) is 34.9 Å². The molecule has 2 rings (SSSR count). The van der Waals surface area contributed by atoms with Crippen LogP contribution in [-0.4, -0.2) is 38.0 Å². The molecule has 1 aromatic carbocycles. The van der Waals surface area contributed by atoms with Gasteiger partial charge in [-0.3, -0.25) is 0 Å². The number of benzene rings is 1. The molecule has 1 heterocycles. The quantitative estimate of drug-likeness (QED) is 0.0916. The predicted octanol–water partition coefficient (Wildman–Crippen LogP) is 7.89. The van der Waals surface area contributed by atoms with Crippen molar-refractivity contribution < 1.29 is 8.42 Å². The summed E-state index contributed by atoms with van der Waals surface area (Å²) in [4.78, 5) is 4.63. The second kappa shape index (κ2) is 18.0. The molecule has 0 radical (unpaired) electrons. The van der Waals surface area contributed by atoms with Gasteiger partial charge in [0.1, 0.15) is 0 Å². The summed E-state index contributed by atoms with van der Waals surface area (Å²) in [6.45, 7) is 4.00. The Morgan fingerprint density at radius 2 is 1.34 bits per heavy atom. The third kappa shape index (κ3) is 13.0. The molecule has 0 aromatic heterocycles. The van der Waals surface area contributed by atoms with E-state index in [1.165, 1.54) is 77.0 Å². The van der Waals surface area contributed by atoms with Crippen LogP contribution in [0, 0.1) is 0 Å². The van der Waals surface area contributed by atoms with Crippen molar-refractivity contribution in [2.75, 3.05) is 18.8 Å². The van der Waals surface area contributed by atoms with Crippen molar-refractivity contribution in [3.8, 4) is 0 Å². The molecule has 0 saturated carbocycles. The summed E-state index contributed by atoms with van der Waals surface area (Å²) < 4.78 is 25.2. The maximum atomic E-state index is 12.6. The number of nitrogens with zero attached hydrogens (tertiary/aromatic N) is 2. The van der Waals surface area contributed by atoms with Crippen molar-refractivity contribution >= 4 is 27.5 Å². The molecule has 0 bridgehead atoms. The summed E-state index contributed by atoms with van der Waals surface area (Å²) in [6.07, 6.45) is 20.8. The van der Waals surface area contributed by atoms with Gasteiger partial charge in [-0.2, -0.15) is 0 Å². The fraction of sp³-hybridized carbons (Fsp3) is 0.750. The summed E-state index contributed by atoms with van der Waals surface area (Å²) in [5, 5.41) is 4.94. The summed E-state index contributed by atoms with van der Waals surface area (Å²) in [5.41, 5.74) is 0.773. The van der Waals surface area contributed by atoms with Gasteiger partial charge in [0.15, 0.2) is 5.84 Å². The van der Waals surface area contributed by atoms with Gasteiger partial charge >= 0.3 is 0 Å². The topological polar surface area (TPSA) is 61.8 Å². The smallest absolute Gasteiger partial charge is 0.247 e. The number of hydrogen-bond donors (Lipinski definition) is 1. The lowest BCUT2D eigenvalue weighted by molar-refractivity contribution is 0.341. The summed E-state index contributed by atoms with van der Waals surface area (Å²) in [5.74, 6) is 0.740. The van der Waals surface area contributed by atoms with Crippen molar-refractivity contribution in [3.63, 3.8) is 0 Å². The average molecular weight is 526 g/mol. The molecule has 1 N–H and O–H groups in total. The Labute approximate surface area is 220 Å². The summed E-state index contributed by atoms with van der Waals surface area (Å²) in [6, 6.07) is 7.50. The Morgan fingerprint density at radius 3 is 1.89 bits per heavy atom. The molecular weight excluding hydrogens is 478 g/mol. The number of nitrogens with one attached hydrogen (secondary N) is 1. The van der Waals surface area contributed by atoms with Gasteiger partial charge in [-0.25, -0.2) is 13.2 Å². The van der Waals surface area contributed by atoms with Gasteiger partial charge in [-0.15, -0.1) is 5.10 Å². The van der Waals surface area contributed by atoms with Crippen molar-refractivity contribution in [2.45, 2.75) is 116 Å². The molecule has 5 nitrogen and oxygen atoms in total. The molecule has 0 unspecified atom stereocenters. The normalized spacial score (nSPS) is 14.9. The van der Waals surface area contributed by atoms with E-state index >= 15 is 0 Å². The Kier molecular flexibility index (Phi) is 15.4. The van der Waals surface area contributed by atoms with Crippen LogP contribution in [-0.2, 0) is 10.0 Å². The Morgan fingerprint density at radius 1 is 0.829 bits per heavy atom. The van der Waals surface area contributed by atoms with E-state index in [1.807, 2.05) is 24.3 Å². The van der Waals surface area contributed by atoms with Crippen LogP contribution in [0.4, 0.5) is 0 Å². The average Bonchev–Trinajstić information content (AvgIpc) is 2.86. The second-order valence-corrected chi connectivity index (χ2v) is 12.2. The Balaban J connectivity index is 1.64. The standard InChI is InChI=1S/C28H48ClN3O2S/c1-2-3-4-5-6-7-8-9-10-11-12-13-14-20-25-35(33,34)31-30-28(32-23-18-15-19-24-32)26-21-16-17-22-27(26)29/h16-17,21-22,31H,2-15,18-20,23-25H2,1H3. The number of likely N-dealkylation sites (tertiary alicyclic amines) is 1. The lowest BCUT2D eigenvalue weighted by atomic mass is 10.0. The highest BCUT2D eigenvalue weighted by Crippen LogP contribution is 2.20. The predicted molar refractivity (Wildman–Crippen MR) is 151 cm³/mol. The molecular formula is C28H48ClN3O2S. The molecule has 1 aliphatic rings. The lowest BCUT2D eigenvalue weighted by Crippen LogP contribution is -2.38. The zero-order valence-electron chi connectivity index (χ0n) is 21.9. The molecule has 35 heavy (non-hydrogen) atoms. The first-order valence-electron chi connectivity index (χ1n) is 14.1. The molecule has 0 spiro atoms. The summed E-state index contributed by atoms with van der Waals surface area (Å²) in [7, 11) is -3.46. The van der Waals surface area contributed by atoms with Gasteiger partial charge in [0.25, 0.3) is 0 Å². The van der Waals surface area contributed by atoms with Crippen LogP contribution in [0.5, 0.6) is 0 Å². The van der Waals surface area contributed by atoms with E-state index in [2.05, 4.69) is 21.8 Å². The highest BCUT2D eigenvalue weighted by molar-refractivity contribution is 7.89. The van der Waals surface area contributed by atoms with Crippen LogP contribution in [0.25, 0.3) is 0 Å². The molecule has 7 heteroatoms. The minimum Gasteiger partial charge on any atom is -0.355 e. The molecule has 0 amide bonds. The fourth-order valence-corrected chi connectivity index (χ4v) is 5.82. The first-order valence-corrected chi connectivity index (χ1v) is 16.1. The highest BCUT2D eigenvalue weighted by atomic mass is 35.5. The summed E-state index contributed by atoms with van der Waals surface area (Å²) >= 11 is 6.41. The van der Waals surface area contributed by atoms with Crippen LogP contribution in [0.1, 0.15) is 122 Å². The number of unbranched alkanes of at least 4 members (excludes halogenated alkanes) is 13. The number of piperidine rings is 1. The highest BCUT2D eigenvalue weighted by Gasteiger charge is 2.20. The molecule has 1 aliphatic heterocycles. The SMILES string of the molecule is CCCCCCCCCCCCCCCCS(=O)(=O)NN=C(c1ccccc1Cl)N1CCCCC1. The van der Waals surface area contributed by atoms with Gasteiger partial charge in [0.2, 0.25) is 10.0 Å². The maximum absolute atomic E-state index is 12.6. The second-order valence-electron chi connectivity index (χ2n) is 9.97. The number of halogens is 1. The molecule has 0 atom stereocenters. The third-order valence-corrected chi connectivity index (χ3v) is 8.35. The maximum Gasteiger partial charge on any atom is 0.247 e. The third-order valence-electron chi connectivity index (χ3n) is 6.83. The first-order chi connectivity index (χ1) is 17.0. The Hall–Kier alpha value is -1.27. The van der Waals surface area contributed by atoms with Gasteiger partial charge in [0.05, 0.1) is 10.8 Å².